The molecule has 184 valence electrons. The summed E-state index contributed by atoms with van der Waals surface area (Å²) in [5.74, 6) is -1.30. The summed E-state index contributed by atoms with van der Waals surface area (Å²) in [4.78, 5) is 53.6. The number of esters is 1. The molecule has 4 rings (SSSR count). The number of Topliss-reactive ketones (excluding diaryl/α,β-unsaturated/α-hetero) is 1. The van der Waals surface area contributed by atoms with Crippen LogP contribution in [0.15, 0.2) is 78.9 Å². The molecule has 3 aromatic carbocycles. The zero-order valence-corrected chi connectivity index (χ0v) is 20.0. The Kier molecular flexibility index (Phi) is 7.56. The lowest BCUT2D eigenvalue weighted by Gasteiger charge is -2.23. The molecule has 1 saturated heterocycles. The van der Waals surface area contributed by atoms with Gasteiger partial charge in [0.1, 0.15) is 5.75 Å². The van der Waals surface area contributed by atoms with E-state index < -0.39 is 24.4 Å². The van der Waals surface area contributed by atoms with Gasteiger partial charge in [0.25, 0.3) is 5.91 Å². The maximum atomic E-state index is 13.1. The average molecular weight is 487 g/mol. The van der Waals surface area contributed by atoms with Crippen LogP contribution < -0.4 is 9.64 Å². The first-order valence-corrected chi connectivity index (χ1v) is 11.4. The van der Waals surface area contributed by atoms with Gasteiger partial charge in [-0.3, -0.25) is 19.3 Å². The Morgan fingerprint density at radius 2 is 1.61 bits per heavy atom. The largest absolute Gasteiger partial charge is 0.496 e. The van der Waals surface area contributed by atoms with Crippen molar-refractivity contribution >= 4 is 29.3 Å². The minimum Gasteiger partial charge on any atom is -0.496 e. The third kappa shape index (κ3) is 5.34. The van der Waals surface area contributed by atoms with Gasteiger partial charge in [-0.1, -0.05) is 42.5 Å². The number of anilines is 1. The number of imide groups is 1. The molecule has 0 N–H and O–H groups in total. The Balaban J connectivity index is 1.38. The number of methoxy groups -OCH3 is 1. The highest BCUT2D eigenvalue weighted by Crippen LogP contribution is 2.26. The van der Waals surface area contributed by atoms with E-state index in [9.17, 15) is 19.2 Å². The van der Waals surface area contributed by atoms with E-state index in [1.54, 1.807) is 24.3 Å². The Labute approximate surface area is 209 Å². The van der Waals surface area contributed by atoms with E-state index in [1.807, 2.05) is 42.3 Å². The number of carbonyl (C=O) groups is 4. The third-order valence-electron chi connectivity index (χ3n) is 6.03. The van der Waals surface area contributed by atoms with Crippen LogP contribution in [-0.2, 0) is 20.9 Å². The summed E-state index contributed by atoms with van der Waals surface area (Å²) in [6.07, 6.45) is 0.0804. The van der Waals surface area contributed by atoms with Crippen molar-refractivity contribution in [2.24, 2.45) is 0 Å². The maximum absolute atomic E-state index is 13.1. The summed E-state index contributed by atoms with van der Waals surface area (Å²) in [5, 5.41) is 0. The molecule has 0 radical (unpaired) electrons. The number of hydrogen-bond acceptors (Lipinski definition) is 7. The van der Waals surface area contributed by atoms with E-state index in [4.69, 9.17) is 9.47 Å². The van der Waals surface area contributed by atoms with Crippen LogP contribution in [0.4, 0.5) is 5.69 Å². The van der Waals surface area contributed by atoms with Crippen LogP contribution in [0.2, 0.25) is 0 Å². The van der Waals surface area contributed by atoms with Crippen molar-refractivity contribution in [3.8, 4) is 5.75 Å². The molecular formula is C28H26N2O6. The van der Waals surface area contributed by atoms with Gasteiger partial charge in [-0.2, -0.15) is 0 Å². The summed E-state index contributed by atoms with van der Waals surface area (Å²) in [5.41, 5.74) is 1.94. The van der Waals surface area contributed by atoms with Crippen molar-refractivity contribution in [1.29, 1.82) is 0 Å². The Morgan fingerprint density at radius 3 is 2.31 bits per heavy atom. The van der Waals surface area contributed by atoms with Crippen LogP contribution in [-0.4, -0.2) is 55.3 Å². The minimum absolute atomic E-state index is 0.0804. The summed E-state index contributed by atoms with van der Waals surface area (Å²) in [6.45, 7) is 0.0935. The Morgan fingerprint density at radius 1 is 0.944 bits per heavy atom. The molecular weight excluding hydrogens is 460 g/mol. The zero-order valence-electron chi connectivity index (χ0n) is 20.0. The monoisotopic (exact) mass is 486 g/mol. The number of carbonyl (C=O) groups excluding carboxylic acids is 4. The number of para-hydroxylation sites is 1. The van der Waals surface area contributed by atoms with Crippen molar-refractivity contribution in [1.82, 2.24) is 4.90 Å². The number of ketones is 1. The van der Waals surface area contributed by atoms with Gasteiger partial charge in [0.05, 0.1) is 36.4 Å². The predicted molar refractivity (Wildman–Crippen MR) is 133 cm³/mol. The molecule has 0 bridgehead atoms. The number of ether oxygens (including phenoxy) is 2. The molecule has 0 aromatic heterocycles. The number of rotatable bonds is 9. The minimum atomic E-state index is -0.690. The highest BCUT2D eigenvalue weighted by Gasteiger charge is 2.41. The van der Waals surface area contributed by atoms with Crippen LogP contribution in [0.1, 0.15) is 32.7 Å². The van der Waals surface area contributed by atoms with Gasteiger partial charge in [0.15, 0.2) is 6.61 Å². The van der Waals surface area contributed by atoms with Crippen LogP contribution in [0.25, 0.3) is 0 Å². The molecule has 1 unspecified atom stereocenters. The molecule has 1 fully saturated rings. The molecule has 1 heterocycles. The Hall–Kier alpha value is -4.30. The van der Waals surface area contributed by atoms with E-state index in [2.05, 4.69) is 0 Å². The molecule has 0 spiro atoms. The molecule has 1 aliphatic heterocycles. The van der Waals surface area contributed by atoms with Gasteiger partial charge in [-0.05, 0) is 49.0 Å². The first-order chi connectivity index (χ1) is 17.4. The normalized spacial score (nSPS) is 15.3. The fraction of sp³-hybridized carbons (Fsp3) is 0.214. The fourth-order valence-corrected chi connectivity index (χ4v) is 4.13. The van der Waals surface area contributed by atoms with E-state index in [1.165, 1.54) is 31.4 Å². The van der Waals surface area contributed by atoms with Gasteiger partial charge < -0.3 is 9.47 Å². The first kappa shape index (κ1) is 24.8. The lowest BCUT2D eigenvalue weighted by Crippen LogP contribution is -2.39. The van der Waals surface area contributed by atoms with E-state index in [-0.39, 0.29) is 23.8 Å². The van der Waals surface area contributed by atoms with Gasteiger partial charge in [-0.15, -0.1) is 0 Å². The van der Waals surface area contributed by atoms with E-state index in [0.717, 1.165) is 10.5 Å². The van der Waals surface area contributed by atoms with Gasteiger partial charge >= 0.3 is 5.97 Å². The number of nitrogens with zero attached hydrogens (tertiary/aromatic N) is 2. The predicted octanol–water partition coefficient (Wildman–Crippen LogP) is 3.50. The van der Waals surface area contributed by atoms with Crippen LogP contribution in [0.5, 0.6) is 5.75 Å². The second kappa shape index (κ2) is 11.0. The first-order valence-electron chi connectivity index (χ1n) is 11.4. The SMILES string of the molecule is COc1ccccc1C(=O)COC(=O)c1ccc(N2C(=O)CC(N(C)Cc3ccccc3)C2=O)cc1. The molecule has 3 aromatic rings. The quantitative estimate of drug-likeness (QED) is 0.260. The molecule has 8 heteroatoms. The third-order valence-corrected chi connectivity index (χ3v) is 6.03. The molecule has 8 nitrogen and oxygen atoms in total. The molecule has 36 heavy (non-hydrogen) atoms. The summed E-state index contributed by atoms with van der Waals surface area (Å²) in [6, 6.07) is 21.8. The van der Waals surface area contributed by atoms with Gasteiger partial charge in [-0.25, -0.2) is 9.69 Å². The number of hydrogen-bond donors (Lipinski definition) is 0. The van der Waals surface area contributed by atoms with Gasteiger partial charge in [0.2, 0.25) is 11.7 Å². The van der Waals surface area contributed by atoms with Crippen molar-refractivity contribution in [3.63, 3.8) is 0 Å². The van der Waals surface area contributed by atoms with Crippen molar-refractivity contribution in [2.45, 2.75) is 19.0 Å². The lowest BCUT2D eigenvalue weighted by atomic mass is 10.1. The molecule has 1 atom stereocenters. The highest BCUT2D eigenvalue weighted by atomic mass is 16.5. The van der Waals surface area contributed by atoms with Crippen molar-refractivity contribution in [3.05, 3.63) is 95.6 Å². The maximum Gasteiger partial charge on any atom is 0.338 e. The smallest absolute Gasteiger partial charge is 0.338 e. The van der Waals surface area contributed by atoms with Crippen LogP contribution >= 0.6 is 0 Å². The molecule has 0 saturated carbocycles. The molecule has 0 aliphatic carbocycles. The van der Waals surface area contributed by atoms with E-state index in [0.29, 0.717) is 23.5 Å². The van der Waals surface area contributed by atoms with E-state index >= 15 is 0 Å². The Bertz CT molecular complexity index is 1270. The van der Waals surface area contributed by atoms with Crippen LogP contribution in [0.3, 0.4) is 0 Å². The fourth-order valence-electron chi connectivity index (χ4n) is 4.13. The summed E-state index contributed by atoms with van der Waals surface area (Å²) >= 11 is 0. The number of amides is 2. The zero-order chi connectivity index (χ0) is 25.7. The van der Waals surface area contributed by atoms with Crippen molar-refractivity contribution < 1.29 is 28.7 Å². The van der Waals surface area contributed by atoms with Gasteiger partial charge in [0, 0.05) is 6.54 Å². The standard InChI is InChI=1S/C28H26N2O6/c1-29(17-19-8-4-3-5-9-19)23-16-26(32)30(27(23)33)21-14-12-20(13-15-21)28(34)36-18-24(31)22-10-6-7-11-25(22)35-2/h3-15,23H,16-18H2,1-2H3. The number of benzene rings is 3. The topological polar surface area (TPSA) is 93.2 Å². The molecule has 1 aliphatic rings. The number of likely N-dealkylation sites (N-methyl/N-ethyl adjacent to an activating group) is 1. The molecule has 2 amide bonds. The second-order valence-electron chi connectivity index (χ2n) is 8.43. The summed E-state index contributed by atoms with van der Waals surface area (Å²) in [7, 11) is 3.27. The lowest BCUT2D eigenvalue weighted by molar-refractivity contribution is -0.122. The summed E-state index contributed by atoms with van der Waals surface area (Å²) < 4.78 is 10.3. The highest BCUT2D eigenvalue weighted by molar-refractivity contribution is 6.22. The van der Waals surface area contributed by atoms with Crippen LogP contribution in [0, 0.1) is 0 Å². The average Bonchev–Trinajstić information content (AvgIpc) is 3.21. The second-order valence-corrected chi connectivity index (χ2v) is 8.43. The van der Waals surface area contributed by atoms with Crippen molar-refractivity contribution in [2.75, 3.05) is 25.7 Å².